The quantitative estimate of drug-likeness (QED) is 0.386. The van der Waals surface area contributed by atoms with Gasteiger partial charge in [0.15, 0.2) is 0 Å². The van der Waals surface area contributed by atoms with Crippen molar-refractivity contribution in [3.63, 3.8) is 0 Å². The number of hydrogen-bond donors (Lipinski definition) is 0. The lowest BCUT2D eigenvalue weighted by atomic mass is 10.2. The summed E-state index contributed by atoms with van der Waals surface area (Å²) < 4.78 is 16.9. The van der Waals surface area contributed by atoms with Crippen LogP contribution in [0.3, 0.4) is 0 Å². The summed E-state index contributed by atoms with van der Waals surface area (Å²) in [7, 11) is 0. The van der Waals surface area contributed by atoms with Crippen molar-refractivity contribution >= 4 is 34.8 Å². The van der Waals surface area contributed by atoms with Gasteiger partial charge in [-0.2, -0.15) is 0 Å². The molecular formula is C21H20ClNO5. The standard InChI is InChI=1S/C21H20ClNO5/c1-2-3-11-26-20(24)23-18-10-9-17(22)12-16(18)13-19(23)28-21(25)27-14-15-7-5-4-6-8-15/h4-10,12-13H,2-3,11,14H2,1H3. The largest absolute Gasteiger partial charge is 0.515 e. The van der Waals surface area contributed by atoms with Crippen LogP contribution >= 0.6 is 11.6 Å². The van der Waals surface area contributed by atoms with Crippen molar-refractivity contribution in [1.82, 2.24) is 4.57 Å². The molecule has 0 saturated carbocycles. The highest BCUT2D eigenvalue weighted by Gasteiger charge is 2.20. The summed E-state index contributed by atoms with van der Waals surface area (Å²) in [6, 6.07) is 15.8. The molecule has 0 aliphatic heterocycles. The fourth-order valence-electron chi connectivity index (χ4n) is 2.62. The van der Waals surface area contributed by atoms with Crippen molar-refractivity contribution in [3.8, 4) is 5.88 Å². The molecule has 3 aromatic rings. The summed E-state index contributed by atoms with van der Waals surface area (Å²) in [6.07, 6.45) is 0.0910. The van der Waals surface area contributed by atoms with Crippen molar-refractivity contribution in [3.05, 3.63) is 65.2 Å². The van der Waals surface area contributed by atoms with Gasteiger partial charge in [0.05, 0.1) is 12.1 Å². The predicted molar refractivity (Wildman–Crippen MR) is 106 cm³/mol. The number of halogens is 1. The van der Waals surface area contributed by atoms with Crippen LogP contribution in [0.5, 0.6) is 5.88 Å². The van der Waals surface area contributed by atoms with Gasteiger partial charge < -0.3 is 14.2 Å². The third-order valence-corrected chi connectivity index (χ3v) is 4.26. The molecule has 0 aliphatic rings. The fourth-order valence-corrected chi connectivity index (χ4v) is 2.80. The number of hydrogen-bond acceptors (Lipinski definition) is 5. The smallest absolute Gasteiger partial charge is 0.449 e. The zero-order valence-electron chi connectivity index (χ0n) is 15.4. The van der Waals surface area contributed by atoms with Gasteiger partial charge in [-0.15, -0.1) is 0 Å². The van der Waals surface area contributed by atoms with E-state index in [1.54, 1.807) is 24.3 Å². The first kappa shape index (κ1) is 19.8. The van der Waals surface area contributed by atoms with Crippen LogP contribution in [0, 0.1) is 0 Å². The Morgan fingerprint density at radius 1 is 1.04 bits per heavy atom. The van der Waals surface area contributed by atoms with E-state index in [1.807, 2.05) is 37.3 Å². The van der Waals surface area contributed by atoms with Gasteiger partial charge in [0, 0.05) is 16.5 Å². The maximum atomic E-state index is 12.5. The number of fused-ring (bicyclic) bond motifs is 1. The molecule has 0 radical (unpaired) electrons. The van der Waals surface area contributed by atoms with Crippen LogP contribution in [0.15, 0.2) is 54.6 Å². The zero-order valence-corrected chi connectivity index (χ0v) is 16.1. The van der Waals surface area contributed by atoms with Gasteiger partial charge in [-0.1, -0.05) is 55.3 Å². The van der Waals surface area contributed by atoms with Crippen molar-refractivity contribution in [2.75, 3.05) is 6.61 Å². The minimum atomic E-state index is -0.916. The second kappa shape index (κ2) is 9.28. The highest BCUT2D eigenvalue weighted by atomic mass is 35.5. The molecule has 3 rings (SSSR count). The Balaban J connectivity index is 1.79. The van der Waals surface area contributed by atoms with Crippen molar-refractivity contribution < 1.29 is 23.8 Å². The van der Waals surface area contributed by atoms with E-state index in [-0.39, 0.29) is 19.1 Å². The molecule has 1 heterocycles. The second-order valence-electron chi connectivity index (χ2n) is 6.12. The molecule has 0 aliphatic carbocycles. The lowest BCUT2D eigenvalue weighted by molar-refractivity contribution is 0.0892. The molecule has 146 valence electrons. The molecule has 0 spiro atoms. The Labute approximate surface area is 167 Å². The Morgan fingerprint density at radius 2 is 1.82 bits per heavy atom. The number of nitrogens with zero attached hydrogens (tertiary/aromatic N) is 1. The second-order valence-corrected chi connectivity index (χ2v) is 6.55. The average Bonchev–Trinajstić information content (AvgIpc) is 3.04. The topological polar surface area (TPSA) is 66.8 Å². The average molecular weight is 402 g/mol. The van der Waals surface area contributed by atoms with Crippen LogP contribution in [-0.4, -0.2) is 23.4 Å². The highest BCUT2D eigenvalue weighted by Crippen LogP contribution is 2.28. The van der Waals surface area contributed by atoms with Crippen LogP contribution in [-0.2, 0) is 16.1 Å². The van der Waals surface area contributed by atoms with Crippen LogP contribution < -0.4 is 4.74 Å². The summed E-state index contributed by atoms with van der Waals surface area (Å²) in [5.41, 5.74) is 1.35. The van der Waals surface area contributed by atoms with E-state index < -0.39 is 12.2 Å². The predicted octanol–water partition coefficient (Wildman–Crippen LogP) is 5.80. The third kappa shape index (κ3) is 4.84. The molecule has 0 amide bonds. The van der Waals surface area contributed by atoms with Crippen molar-refractivity contribution in [2.45, 2.75) is 26.4 Å². The molecule has 0 N–H and O–H groups in total. The summed E-state index contributed by atoms with van der Waals surface area (Å²) in [5, 5.41) is 1.15. The van der Waals surface area contributed by atoms with Gasteiger partial charge in [-0.25, -0.2) is 14.2 Å². The summed E-state index contributed by atoms with van der Waals surface area (Å²) in [4.78, 5) is 24.7. The Morgan fingerprint density at radius 3 is 2.57 bits per heavy atom. The molecule has 0 fully saturated rings. The van der Waals surface area contributed by atoms with Crippen LogP contribution in [0.25, 0.3) is 10.9 Å². The van der Waals surface area contributed by atoms with Gasteiger partial charge in [0.25, 0.3) is 0 Å². The van der Waals surface area contributed by atoms with E-state index in [1.165, 1.54) is 4.57 Å². The van der Waals surface area contributed by atoms with Crippen LogP contribution in [0.1, 0.15) is 25.3 Å². The van der Waals surface area contributed by atoms with Gasteiger partial charge in [-0.05, 0) is 30.2 Å². The van der Waals surface area contributed by atoms with E-state index in [4.69, 9.17) is 25.8 Å². The normalized spacial score (nSPS) is 10.6. The molecule has 0 atom stereocenters. The monoisotopic (exact) mass is 401 g/mol. The van der Waals surface area contributed by atoms with E-state index in [0.29, 0.717) is 15.9 Å². The Bertz CT molecular complexity index is 968. The van der Waals surface area contributed by atoms with Crippen LogP contribution in [0.2, 0.25) is 5.02 Å². The van der Waals surface area contributed by atoms with Gasteiger partial charge in [0.2, 0.25) is 5.88 Å². The molecular weight excluding hydrogens is 382 g/mol. The van der Waals surface area contributed by atoms with Gasteiger partial charge in [-0.3, -0.25) is 0 Å². The molecule has 6 nitrogen and oxygen atoms in total. The molecule has 1 aromatic heterocycles. The van der Waals surface area contributed by atoms with E-state index in [2.05, 4.69) is 0 Å². The van der Waals surface area contributed by atoms with Gasteiger partial charge >= 0.3 is 12.2 Å². The molecule has 7 heteroatoms. The lowest BCUT2D eigenvalue weighted by Crippen LogP contribution is -2.18. The molecule has 0 unspecified atom stereocenters. The molecule has 0 saturated heterocycles. The first-order valence-corrected chi connectivity index (χ1v) is 9.33. The third-order valence-electron chi connectivity index (χ3n) is 4.02. The lowest BCUT2D eigenvalue weighted by Gasteiger charge is -2.10. The number of rotatable bonds is 6. The van der Waals surface area contributed by atoms with E-state index in [9.17, 15) is 9.59 Å². The number of carbonyl (C=O) groups excluding carboxylic acids is 2. The van der Waals surface area contributed by atoms with Crippen molar-refractivity contribution in [2.24, 2.45) is 0 Å². The van der Waals surface area contributed by atoms with Crippen molar-refractivity contribution in [1.29, 1.82) is 0 Å². The molecule has 2 aromatic carbocycles. The van der Waals surface area contributed by atoms with Crippen LogP contribution in [0.4, 0.5) is 9.59 Å². The molecule has 0 bridgehead atoms. The zero-order chi connectivity index (χ0) is 19.9. The first-order chi connectivity index (χ1) is 13.6. The minimum Gasteiger partial charge on any atom is -0.449 e. The summed E-state index contributed by atoms with van der Waals surface area (Å²) in [6.45, 7) is 2.34. The van der Waals surface area contributed by atoms with E-state index >= 15 is 0 Å². The maximum Gasteiger partial charge on any atom is 0.515 e. The Hall–Kier alpha value is -2.99. The number of ether oxygens (including phenoxy) is 3. The first-order valence-electron chi connectivity index (χ1n) is 8.95. The maximum absolute atomic E-state index is 12.5. The summed E-state index contributed by atoms with van der Waals surface area (Å²) >= 11 is 6.03. The highest BCUT2D eigenvalue weighted by molar-refractivity contribution is 6.31. The van der Waals surface area contributed by atoms with E-state index in [0.717, 1.165) is 18.4 Å². The number of benzene rings is 2. The number of aromatic nitrogens is 1. The SMILES string of the molecule is CCCCOC(=O)n1c(OC(=O)OCc2ccccc2)cc2cc(Cl)ccc21. The molecule has 28 heavy (non-hydrogen) atoms. The number of unbranched alkanes of at least 4 members (excludes halogenated alkanes) is 1. The van der Waals surface area contributed by atoms with Gasteiger partial charge in [0.1, 0.15) is 6.61 Å². The number of carbonyl (C=O) groups is 2. The Kier molecular flexibility index (Phi) is 6.55. The minimum absolute atomic E-state index is 0.0110. The fraction of sp³-hybridized carbons (Fsp3) is 0.238. The summed E-state index contributed by atoms with van der Waals surface area (Å²) in [5.74, 6) is 0.0110.